The van der Waals surface area contributed by atoms with Crippen LogP contribution < -0.4 is 0 Å². The number of carboxylic acid groups (broad SMARTS) is 1. The van der Waals surface area contributed by atoms with Crippen molar-refractivity contribution in [3.63, 3.8) is 0 Å². The molecule has 8 heteroatoms. The molecule has 2 aromatic heterocycles. The van der Waals surface area contributed by atoms with Gasteiger partial charge in [-0.2, -0.15) is 13.2 Å². The maximum absolute atomic E-state index is 13.1. The van der Waals surface area contributed by atoms with Crippen molar-refractivity contribution in [1.82, 2.24) is 9.38 Å². The summed E-state index contributed by atoms with van der Waals surface area (Å²) in [7, 11) is 0. The smallest absolute Gasteiger partial charge is 0.417 e. The Labute approximate surface area is 133 Å². The minimum Gasteiger partial charge on any atom is -0.481 e. The average molecular weight is 338 g/mol. The first kappa shape index (κ1) is 16.0. The molecule has 0 aliphatic carbocycles. The van der Waals surface area contributed by atoms with E-state index in [1.165, 1.54) is 30.3 Å². The Morgan fingerprint density at radius 2 is 1.79 bits per heavy atom. The molecule has 3 aromatic rings. The van der Waals surface area contributed by atoms with Crippen molar-refractivity contribution >= 4 is 11.6 Å². The second-order valence-corrected chi connectivity index (χ2v) is 5.13. The van der Waals surface area contributed by atoms with Gasteiger partial charge in [-0.15, -0.1) is 0 Å². The Balaban J connectivity index is 2.25. The van der Waals surface area contributed by atoms with Crippen molar-refractivity contribution in [2.45, 2.75) is 12.6 Å². The molecule has 0 unspecified atom stereocenters. The van der Waals surface area contributed by atoms with Crippen LogP contribution in [0.3, 0.4) is 0 Å². The van der Waals surface area contributed by atoms with Gasteiger partial charge < -0.3 is 9.51 Å². The number of halogens is 4. The van der Waals surface area contributed by atoms with Gasteiger partial charge in [-0.1, -0.05) is 0 Å². The van der Waals surface area contributed by atoms with E-state index in [9.17, 15) is 22.4 Å². The van der Waals surface area contributed by atoms with Gasteiger partial charge in [-0.25, -0.2) is 9.37 Å². The number of benzene rings is 1. The predicted molar refractivity (Wildman–Crippen MR) is 76.9 cm³/mol. The molecular formula is C16H10F4N2O2. The Kier molecular flexibility index (Phi) is 3.75. The van der Waals surface area contributed by atoms with Crippen LogP contribution in [-0.2, 0) is 17.4 Å². The van der Waals surface area contributed by atoms with E-state index in [0.29, 0.717) is 5.56 Å². The van der Waals surface area contributed by atoms with Gasteiger partial charge >= 0.3 is 12.1 Å². The molecule has 0 aliphatic rings. The summed E-state index contributed by atoms with van der Waals surface area (Å²) >= 11 is 0. The number of pyridine rings is 1. The summed E-state index contributed by atoms with van der Waals surface area (Å²) in [6, 6.07) is 7.18. The van der Waals surface area contributed by atoms with E-state index in [4.69, 9.17) is 5.11 Å². The topological polar surface area (TPSA) is 54.6 Å². The molecule has 0 amide bonds. The van der Waals surface area contributed by atoms with E-state index in [1.54, 1.807) is 0 Å². The van der Waals surface area contributed by atoms with Crippen molar-refractivity contribution in [3.05, 3.63) is 59.7 Å². The standard InChI is InChI=1S/C16H10F4N2O2/c17-11-4-1-9(2-5-11)15-12(7-14(23)24)22-8-10(16(18,19)20)3-6-13(22)21-15/h1-6,8H,7H2,(H,23,24). The summed E-state index contributed by atoms with van der Waals surface area (Å²) in [4.78, 5) is 15.3. The van der Waals surface area contributed by atoms with Crippen LogP contribution in [0.5, 0.6) is 0 Å². The van der Waals surface area contributed by atoms with Crippen LogP contribution >= 0.6 is 0 Å². The van der Waals surface area contributed by atoms with Crippen LogP contribution in [0.25, 0.3) is 16.9 Å². The summed E-state index contributed by atoms with van der Waals surface area (Å²) < 4.78 is 52.8. The van der Waals surface area contributed by atoms with Gasteiger partial charge in [0.05, 0.1) is 23.4 Å². The van der Waals surface area contributed by atoms with Gasteiger partial charge in [0.15, 0.2) is 0 Å². The van der Waals surface area contributed by atoms with E-state index < -0.39 is 29.9 Å². The molecule has 1 aromatic carbocycles. The predicted octanol–water partition coefficient (Wildman–Crippen LogP) is 3.79. The first-order valence-corrected chi connectivity index (χ1v) is 6.81. The molecule has 24 heavy (non-hydrogen) atoms. The zero-order chi connectivity index (χ0) is 17.5. The normalized spacial score (nSPS) is 11.8. The van der Waals surface area contributed by atoms with Gasteiger partial charge in [-0.05, 0) is 36.4 Å². The van der Waals surface area contributed by atoms with E-state index in [2.05, 4.69) is 4.98 Å². The van der Waals surface area contributed by atoms with Crippen LogP contribution in [0.2, 0.25) is 0 Å². The molecule has 0 aliphatic heterocycles. The highest BCUT2D eigenvalue weighted by Gasteiger charge is 2.31. The third-order valence-corrected chi connectivity index (χ3v) is 3.48. The lowest BCUT2D eigenvalue weighted by Gasteiger charge is -2.08. The number of nitrogens with zero attached hydrogens (tertiary/aromatic N) is 2. The van der Waals surface area contributed by atoms with Gasteiger partial charge in [0.25, 0.3) is 0 Å². The van der Waals surface area contributed by atoms with Crippen molar-refractivity contribution in [3.8, 4) is 11.3 Å². The second-order valence-electron chi connectivity index (χ2n) is 5.13. The Bertz CT molecular complexity index is 914. The van der Waals surface area contributed by atoms with Crippen LogP contribution in [0.1, 0.15) is 11.3 Å². The van der Waals surface area contributed by atoms with Crippen LogP contribution in [-0.4, -0.2) is 20.5 Å². The van der Waals surface area contributed by atoms with Gasteiger partial charge in [0, 0.05) is 11.8 Å². The minimum atomic E-state index is -4.56. The largest absolute Gasteiger partial charge is 0.481 e. The Morgan fingerprint density at radius 3 is 2.38 bits per heavy atom. The molecule has 0 spiro atoms. The number of aromatic nitrogens is 2. The number of hydrogen-bond donors (Lipinski definition) is 1. The van der Waals surface area contributed by atoms with Crippen molar-refractivity contribution in [2.75, 3.05) is 0 Å². The summed E-state index contributed by atoms with van der Waals surface area (Å²) in [6.07, 6.45) is -4.27. The van der Waals surface area contributed by atoms with Crippen LogP contribution in [0, 0.1) is 5.82 Å². The number of rotatable bonds is 3. The lowest BCUT2D eigenvalue weighted by molar-refractivity contribution is -0.138. The highest BCUT2D eigenvalue weighted by atomic mass is 19.4. The Morgan fingerprint density at radius 1 is 1.12 bits per heavy atom. The number of fused-ring (bicyclic) bond motifs is 1. The monoisotopic (exact) mass is 338 g/mol. The molecule has 0 atom stereocenters. The minimum absolute atomic E-state index is 0.0928. The molecule has 0 bridgehead atoms. The number of aliphatic carboxylic acids is 1. The van der Waals surface area contributed by atoms with E-state index >= 15 is 0 Å². The SMILES string of the molecule is O=C(O)Cc1c(-c2ccc(F)cc2)nc2ccc(C(F)(F)F)cn12. The molecule has 0 radical (unpaired) electrons. The molecule has 4 nitrogen and oxygen atoms in total. The first-order chi connectivity index (χ1) is 11.3. The third-order valence-electron chi connectivity index (χ3n) is 3.48. The zero-order valence-electron chi connectivity index (χ0n) is 12.0. The van der Waals surface area contributed by atoms with Crippen molar-refractivity contribution < 1.29 is 27.5 Å². The second kappa shape index (κ2) is 5.63. The van der Waals surface area contributed by atoms with Crippen molar-refractivity contribution in [1.29, 1.82) is 0 Å². The third kappa shape index (κ3) is 2.94. The lowest BCUT2D eigenvalue weighted by atomic mass is 10.1. The highest BCUT2D eigenvalue weighted by Crippen LogP contribution is 2.31. The zero-order valence-corrected chi connectivity index (χ0v) is 12.0. The number of carbonyl (C=O) groups is 1. The molecule has 0 saturated carbocycles. The summed E-state index contributed by atoms with van der Waals surface area (Å²) in [5.41, 5.74) is -0.0138. The van der Waals surface area contributed by atoms with Crippen molar-refractivity contribution in [2.24, 2.45) is 0 Å². The lowest BCUT2D eigenvalue weighted by Crippen LogP contribution is -2.09. The summed E-state index contributed by atoms with van der Waals surface area (Å²) in [6.45, 7) is 0. The number of carboxylic acids is 1. The van der Waals surface area contributed by atoms with Crippen LogP contribution in [0.15, 0.2) is 42.6 Å². The molecule has 0 fully saturated rings. The fourth-order valence-electron chi connectivity index (χ4n) is 2.41. The summed E-state index contributed by atoms with van der Waals surface area (Å²) in [5.74, 6) is -1.70. The molecule has 2 heterocycles. The van der Waals surface area contributed by atoms with Gasteiger partial charge in [-0.3, -0.25) is 4.79 Å². The van der Waals surface area contributed by atoms with Gasteiger partial charge in [0.1, 0.15) is 11.5 Å². The van der Waals surface area contributed by atoms with E-state index in [-0.39, 0.29) is 17.0 Å². The molecule has 1 N–H and O–H groups in total. The number of alkyl halides is 3. The molecule has 3 rings (SSSR count). The highest BCUT2D eigenvalue weighted by molar-refractivity contribution is 5.76. The maximum atomic E-state index is 13.1. The van der Waals surface area contributed by atoms with Crippen LogP contribution in [0.4, 0.5) is 17.6 Å². The fourth-order valence-corrected chi connectivity index (χ4v) is 2.41. The molecule has 124 valence electrons. The number of imidazole rings is 1. The average Bonchev–Trinajstić information content (AvgIpc) is 2.84. The van der Waals surface area contributed by atoms with Gasteiger partial charge in [0.2, 0.25) is 0 Å². The quantitative estimate of drug-likeness (QED) is 0.740. The maximum Gasteiger partial charge on any atom is 0.417 e. The molecule has 0 saturated heterocycles. The summed E-state index contributed by atoms with van der Waals surface area (Å²) in [5, 5.41) is 9.07. The number of hydrogen-bond acceptors (Lipinski definition) is 2. The van der Waals surface area contributed by atoms with E-state index in [1.807, 2.05) is 0 Å². The molecular weight excluding hydrogens is 328 g/mol. The fraction of sp³-hybridized carbons (Fsp3) is 0.125. The van der Waals surface area contributed by atoms with E-state index in [0.717, 1.165) is 16.7 Å². The Hall–Kier alpha value is -2.90. The first-order valence-electron chi connectivity index (χ1n) is 6.81.